The second-order valence-corrected chi connectivity index (χ2v) is 5.15. The lowest BCUT2D eigenvalue weighted by Crippen LogP contribution is -2.55. The molecule has 2 aliphatic rings. The molecule has 0 aliphatic carbocycles. The van der Waals surface area contributed by atoms with E-state index in [4.69, 9.17) is 9.47 Å². The van der Waals surface area contributed by atoms with Crippen LogP contribution < -0.4 is 10.6 Å². The van der Waals surface area contributed by atoms with E-state index < -0.39 is 6.03 Å². The van der Waals surface area contributed by atoms with Crippen LogP contribution in [0.1, 0.15) is 13.8 Å². The summed E-state index contributed by atoms with van der Waals surface area (Å²) in [5.74, 6) is 0. The predicted molar refractivity (Wildman–Crippen MR) is 62.1 cm³/mol. The Morgan fingerprint density at radius 3 is 2.00 bits per heavy atom. The predicted octanol–water partition coefficient (Wildman–Crippen LogP) is 2.21. The van der Waals surface area contributed by atoms with Crippen LogP contribution >= 0.6 is 0 Å². The van der Waals surface area contributed by atoms with Crippen LogP contribution in [0.15, 0.2) is 24.3 Å². The maximum Gasteiger partial charge on any atom is 0.338 e. The molecular formula is C12H16N2O2. The van der Waals surface area contributed by atoms with Gasteiger partial charge in [-0.3, -0.25) is 0 Å². The summed E-state index contributed by atoms with van der Waals surface area (Å²) >= 11 is 0. The van der Waals surface area contributed by atoms with E-state index >= 15 is 0 Å². The average molecular weight is 220 g/mol. The van der Waals surface area contributed by atoms with Crippen LogP contribution in [0.4, 0.5) is 11.4 Å². The summed E-state index contributed by atoms with van der Waals surface area (Å²) in [6.45, 7) is 5.59. The molecule has 1 saturated heterocycles. The van der Waals surface area contributed by atoms with Gasteiger partial charge in [-0.25, -0.2) is 0 Å². The first kappa shape index (κ1) is 9.93. The Balaban J connectivity index is 1.81. The zero-order valence-electron chi connectivity index (χ0n) is 9.54. The molecule has 2 N–H and O–H groups in total. The summed E-state index contributed by atoms with van der Waals surface area (Å²) in [6.07, 6.45) is 0. The Labute approximate surface area is 94.9 Å². The van der Waals surface area contributed by atoms with Crippen LogP contribution in [-0.4, -0.2) is 19.2 Å². The minimum absolute atomic E-state index is 0.0728. The quantitative estimate of drug-likeness (QED) is 0.703. The summed E-state index contributed by atoms with van der Waals surface area (Å²) in [7, 11) is 0. The van der Waals surface area contributed by atoms with Gasteiger partial charge in [-0.05, 0) is 12.1 Å². The molecule has 2 heterocycles. The first-order valence-corrected chi connectivity index (χ1v) is 5.52. The Morgan fingerprint density at radius 1 is 1.00 bits per heavy atom. The van der Waals surface area contributed by atoms with Crippen molar-refractivity contribution >= 4 is 11.4 Å². The van der Waals surface area contributed by atoms with Crippen molar-refractivity contribution in [2.24, 2.45) is 5.41 Å². The molecule has 1 spiro atoms. The van der Waals surface area contributed by atoms with Crippen LogP contribution in [0.3, 0.4) is 0 Å². The molecule has 0 saturated carbocycles. The molecule has 0 unspecified atom stereocenters. The highest BCUT2D eigenvalue weighted by molar-refractivity contribution is 5.74. The molecule has 0 bridgehead atoms. The second-order valence-electron chi connectivity index (χ2n) is 5.15. The fourth-order valence-corrected chi connectivity index (χ4v) is 1.91. The number of hydrogen-bond acceptors (Lipinski definition) is 4. The minimum atomic E-state index is -0.862. The Hall–Kier alpha value is -1.26. The van der Waals surface area contributed by atoms with Crippen molar-refractivity contribution in [1.29, 1.82) is 0 Å². The highest BCUT2D eigenvalue weighted by Gasteiger charge is 2.44. The summed E-state index contributed by atoms with van der Waals surface area (Å²) in [4.78, 5) is 0. The number of fused-ring (bicyclic) bond motifs is 1. The average Bonchev–Trinajstić information content (AvgIpc) is 2.62. The maximum atomic E-state index is 5.78. The van der Waals surface area contributed by atoms with Gasteiger partial charge in [0, 0.05) is 5.41 Å². The highest BCUT2D eigenvalue weighted by atomic mass is 16.7. The van der Waals surface area contributed by atoms with Gasteiger partial charge in [-0.2, -0.15) is 0 Å². The molecular weight excluding hydrogens is 204 g/mol. The third kappa shape index (κ3) is 1.54. The topological polar surface area (TPSA) is 42.5 Å². The van der Waals surface area contributed by atoms with E-state index in [9.17, 15) is 0 Å². The van der Waals surface area contributed by atoms with Crippen molar-refractivity contribution in [2.45, 2.75) is 19.9 Å². The molecule has 0 atom stereocenters. The lowest BCUT2D eigenvalue weighted by atomic mass is 9.96. The van der Waals surface area contributed by atoms with Crippen LogP contribution in [0, 0.1) is 5.41 Å². The van der Waals surface area contributed by atoms with Gasteiger partial charge in [0.2, 0.25) is 0 Å². The van der Waals surface area contributed by atoms with Crippen molar-refractivity contribution in [2.75, 3.05) is 23.8 Å². The molecule has 0 aromatic heterocycles. The number of para-hydroxylation sites is 2. The van der Waals surface area contributed by atoms with Gasteiger partial charge in [0.25, 0.3) is 0 Å². The SMILES string of the molecule is CC1(C)COC2(Nc3ccccc3N2)OC1. The normalized spacial score (nSPS) is 24.6. The van der Waals surface area contributed by atoms with Gasteiger partial charge < -0.3 is 20.1 Å². The van der Waals surface area contributed by atoms with E-state index in [1.165, 1.54) is 0 Å². The van der Waals surface area contributed by atoms with Gasteiger partial charge >= 0.3 is 6.03 Å². The third-order valence-electron chi connectivity index (χ3n) is 2.86. The second kappa shape index (κ2) is 3.12. The fourth-order valence-electron chi connectivity index (χ4n) is 1.91. The van der Waals surface area contributed by atoms with Crippen LogP contribution in [0.25, 0.3) is 0 Å². The van der Waals surface area contributed by atoms with Gasteiger partial charge in [-0.15, -0.1) is 0 Å². The van der Waals surface area contributed by atoms with E-state index in [1.54, 1.807) is 0 Å². The lowest BCUT2D eigenvalue weighted by molar-refractivity contribution is -0.265. The lowest BCUT2D eigenvalue weighted by Gasteiger charge is -2.40. The zero-order valence-corrected chi connectivity index (χ0v) is 9.54. The molecule has 1 aromatic rings. The first-order chi connectivity index (χ1) is 7.59. The van der Waals surface area contributed by atoms with Gasteiger partial charge in [0.05, 0.1) is 24.6 Å². The standard InChI is InChI=1S/C12H16N2O2/c1-11(2)7-15-12(16-8-11)13-9-5-3-4-6-10(9)14-12/h3-6,13-14H,7-8H2,1-2H3. The van der Waals surface area contributed by atoms with Crippen molar-refractivity contribution in [3.05, 3.63) is 24.3 Å². The highest BCUT2D eigenvalue weighted by Crippen LogP contribution is 2.38. The minimum Gasteiger partial charge on any atom is -0.315 e. The van der Waals surface area contributed by atoms with E-state index in [1.807, 2.05) is 24.3 Å². The van der Waals surface area contributed by atoms with E-state index in [0.29, 0.717) is 13.2 Å². The zero-order chi connectivity index (χ0) is 11.2. The number of hydrogen-bond donors (Lipinski definition) is 2. The van der Waals surface area contributed by atoms with Crippen molar-refractivity contribution in [3.8, 4) is 0 Å². The Bertz CT molecular complexity index is 380. The molecule has 4 nitrogen and oxygen atoms in total. The van der Waals surface area contributed by atoms with Crippen LogP contribution in [0.5, 0.6) is 0 Å². The number of benzene rings is 1. The number of ether oxygens (including phenoxy) is 2. The summed E-state index contributed by atoms with van der Waals surface area (Å²) in [5, 5.41) is 6.46. The fraction of sp³-hybridized carbons (Fsp3) is 0.500. The van der Waals surface area contributed by atoms with E-state index in [-0.39, 0.29) is 5.41 Å². The number of rotatable bonds is 0. The summed E-state index contributed by atoms with van der Waals surface area (Å²) in [5.41, 5.74) is 2.10. The number of anilines is 2. The van der Waals surface area contributed by atoms with Crippen molar-refractivity contribution in [1.82, 2.24) is 0 Å². The van der Waals surface area contributed by atoms with Crippen LogP contribution in [-0.2, 0) is 9.47 Å². The maximum absolute atomic E-state index is 5.78. The molecule has 86 valence electrons. The Morgan fingerprint density at radius 2 is 1.50 bits per heavy atom. The molecule has 1 aromatic carbocycles. The molecule has 16 heavy (non-hydrogen) atoms. The van der Waals surface area contributed by atoms with E-state index in [2.05, 4.69) is 24.5 Å². The van der Waals surface area contributed by atoms with Gasteiger partial charge in [0.1, 0.15) is 0 Å². The summed E-state index contributed by atoms with van der Waals surface area (Å²) < 4.78 is 11.6. The number of nitrogens with one attached hydrogen (secondary N) is 2. The molecule has 0 amide bonds. The molecule has 1 fully saturated rings. The smallest absolute Gasteiger partial charge is 0.315 e. The summed E-state index contributed by atoms with van der Waals surface area (Å²) in [6, 6.07) is 7.12. The molecule has 3 rings (SSSR count). The molecule has 0 radical (unpaired) electrons. The van der Waals surface area contributed by atoms with E-state index in [0.717, 1.165) is 11.4 Å². The van der Waals surface area contributed by atoms with Crippen molar-refractivity contribution in [3.63, 3.8) is 0 Å². The van der Waals surface area contributed by atoms with Gasteiger partial charge in [-0.1, -0.05) is 26.0 Å². The first-order valence-electron chi connectivity index (χ1n) is 5.52. The van der Waals surface area contributed by atoms with Crippen LogP contribution in [0.2, 0.25) is 0 Å². The Kier molecular flexibility index (Phi) is 1.94. The monoisotopic (exact) mass is 220 g/mol. The molecule has 2 aliphatic heterocycles. The van der Waals surface area contributed by atoms with Crippen molar-refractivity contribution < 1.29 is 9.47 Å². The molecule has 4 heteroatoms. The third-order valence-corrected chi connectivity index (χ3v) is 2.86. The van der Waals surface area contributed by atoms with Gasteiger partial charge in [0.15, 0.2) is 0 Å². The largest absolute Gasteiger partial charge is 0.338 e.